The van der Waals surface area contributed by atoms with Crippen molar-refractivity contribution < 1.29 is 4.39 Å². The molecule has 0 heterocycles. The van der Waals surface area contributed by atoms with Gasteiger partial charge in [-0.2, -0.15) is 0 Å². The van der Waals surface area contributed by atoms with E-state index in [1.807, 2.05) is 6.92 Å². The Labute approximate surface area is 84.9 Å². The van der Waals surface area contributed by atoms with E-state index in [1.54, 1.807) is 12.1 Å². The number of alkyl halides is 1. The second kappa shape index (κ2) is 4.24. The standard InChI is InChI=1S/C9H9BrClF/c1-6(5-11)7-2-3-9(12)8(10)4-7/h2-4,6H,5H2,1H3. The Morgan fingerprint density at radius 2 is 2.25 bits per heavy atom. The van der Waals surface area contributed by atoms with E-state index < -0.39 is 0 Å². The van der Waals surface area contributed by atoms with E-state index in [9.17, 15) is 4.39 Å². The molecule has 12 heavy (non-hydrogen) atoms. The van der Waals surface area contributed by atoms with E-state index in [1.165, 1.54) is 6.07 Å². The van der Waals surface area contributed by atoms with Crippen LogP contribution in [0.4, 0.5) is 4.39 Å². The molecule has 0 spiro atoms. The van der Waals surface area contributed by atoms with E-state index in [0.717, 1.165) is 5.56 Å². The number of hydrogen-bond acceptors (Lipinski definition) is 0. The summed E-state index contributed by atoms with van der Waals surface area (Å²) >= 11 is 8.80. The molecule has 0 amide bonds. The van der Waals surface area contributed by atoms with Gasteiger partial charge in [-0.05, 0) is 39.5 Å². The summed E-state index contributed by atoms with van der Waals surface area (Å²) in [5.74, 6) is 0.585. The van der Waals surface area contributed by atoms with Crippen LogP contribution < -0.4 is 0 Å². The highest BCUT2D eigenvalue weighted by atomic mass is 79.9. The van der Waals surface area contributed by atoms with Crippen LogP contribution in [0, 0.1) is 5.82 Å². The molecule has 1 rings (SSSR count). The third kappa shape index (κ3) is 2.20. The van der Waals surface area contributed by atoms with Gasteiger partial charge in [0.15, 0.2) is 0 Å². The Balaban J connectivity index is 2.96. The molecule has 0 aliphatic rings. The Morgan fingerprint density at radius 1 is 1.58 bits per heavy atom. The summed E-state index contributed by atoms with van der Waals surface area (Å²) in [5.41, 5.74) is 1.05. The first-order valence-corrected chi connectivity index (χ1v) is 4.99. The molecule has 1 atom stereocenters. The Morgan fingerprint density at radius 3 is 2.75 bits per heavy atom. The predicted octanol–water partition coefficient (Wildman–Crippen LogP) is 3.93. The molecule has 1 aromatic rings. The Kier molecular flexibility index (Phi) is 3.53. The number of hydrogen-bond donors (Lipinski definition) is 0. The van der Waals surface area contributed by atoms with Gasteiger partial charge in [0.25, 0.3) is 0 Å². The van der Waals surface area contributed by atoms with E-state index in [0.29, 0.717) is 10.4 Å². The van der Waals surface area contributed by atoms with E-state index in [-0.39, 0.29) is 11.7 Å². The average Bonchev–Trinajstić information content (AvgIpc) is 2.08. The highest BCUT2D eigenvalue weighted by Crippen LogP contribution is 2.22. The van der Waals surface area contributed by atoms with Gasteiger partial charge < -0.3 is 0 Å². The van der Waals surface area contributed by atoms with Crippen LogP contribution in [-0.2, 0) is 0 Å². The van der Waals surface area contributed by atoms with Crippen molar-refractivity contribution >= 4 is 27.5 Å². The molecular formula is C9H9BrClF. The summed E-state index contributed by atoms with van der Waals surface area (Å²) in [6.45, 7) is 2.01. The number of benzene rings is 1. The van der Waals surface area contributed by atoms with Crippen LogP contribution in [0.2, 0.25) is 0 Å². The molecule has 0 nitrogen and oxygen atoms in total. The summed E-state index contributed by atoms with van der Waals surface area (Å²) in [6.07, 6.45) is 0. The largest absolute Gasteiger partial charge is 0.206 e. The monoisotopic (exact) mass is 250 g/mol. The molecule has 0 bridgehead atoms. The molecule has 1 unspecified atom stereocenters. The lowest BCUT2D eigenvalue weighted by molar-refractivity contribution is 0.619. The van der Waals surface area contributed by atoms with Crippen molar-refractivity contribution in [1.82, 2.24) is 0 Å². The zero-order valence-electron chi connectivity index (χ0n) is 6.65. The van der Waals surface area contributed by atoms with Crippen LogP contribution in [-0.4, -0.2) is 5.88 Å². The number of halogens is 3. The normalized spacial score (nSPS) is 13.0. The smallest absolute Gasteiger partial charge is 0.137 e. The van der Waals surface area contributed by atoms with Gasteiger partial charge >= 0.3 is 0 Å². The topological polar surface area (TPSA) is 0 Å². The second-order valence-electron chi connectivity index (χ2n) is 2.73. The lowest BCUT2D eigenvalue weighted by atomic mass is 10.0. The predicted molar refractivity (Wildman–Crippen MR) is 53.2 cm³/mol. The van der Waals surface area contributed by atoms with Crippen molar-refractivity contribution in [2.45, 2.75) is 12.8 Å². The summed E-state index contributed by atoms with van der Waals surface area (Å²) in [7, 11) is 0. The van der Waals surface area contributed by atoms with E-state index in [4.69, 9.17) is 11.6 Å². The summed E-state index contributed by atoms with van der Waals surface area (Å²) < 4.78 is 13.3. The molecule has 0 saturated heterocycles. The first-order chi connectivity index (χ1) is 5.65. The molecule has 66 valence electrons. The van der Waals surface area contributed by atoms with Crippen LogP contribution in [0.1, 0.15) is 18.4 Å². The number of rotatable bonds is 2. The molecule has 0 fully saturated rings. The maximum absolute atomic E-state index is 12.8. The molecule has 1 aromatic carbocycles. The fourth-order valence-corrected chi connectivity index (χ4v) is 1.48. The van der Waals surface area contributed by atoms with Gasteiger partial charge in [0, 0.05) is 5.88 Å². The van der Waals surface area contributed by atoms with Crippen LogP contribution in [0.3, 0.4) is 0 Å². The van der Waals surface area contributed by atoms with Gasteiger partial charge in [0.2, 0.25) is 0 Å². The van der Waals surface area contributed by atoms with Crippen molar-refractivity contribution in [2.75, 3.05) is 5.88 Å². The van der Waals surface area contributed by atoms with Crippen LogP contribution >= 0.6 is 27.5 Å². The third-order valence-corrected chi connectivity index (χ3v) is 2.81. The first kappa shape index (κ1) is 10.0. The fraction of sp³-hybridized carbons (Fsp3) is 0.333. The van der Waals surface area contributed by atoms with Gasteiger partial charge in [0.05, 0.1) is 4.47 Å². The van der Waals surface area contributed by atoms with Crippen molar-refractivity contribution in [1.29, 1.82) is 0 Å². The minimum atomic E-state index is -0.236. The molecule has 3 heteroatoms. The maximum Gasteiger partial charge on any atom is 0.137 e. The van der Waals surface area contributed by atoms with E-state index >= 15 is 0 Å². The van der Waals surface area contributed by atoms with E-state index in [2.05, 4.69) is 15.9 Å². The van der Waals surface area contributed by atoms with Gasteiger partial charge in [-0.3, -0.25) is 0 Å². The minimum absolute atomic E-state index is 0.236. The summed E-state index contributed by atoms with van der Waals surface area (Å²) in [6, 6.07) is 4.97. The van der Waals surface area contributed by atoms with Gasteiger partial charge in [-0.25, -0.2) is 4.39 Å². The Bertz CT molecular complexity index is 275. The zero-order valence-corrected chi connectivity index (χ0v) is 8.99. The van der Waals surface area contributed by atoms with Crippen LogP contribution in [0.5, 0.6) is 0 Å². The summed E-state index contributed by atoms with van der Waals surface area (Å²) in [5, 5.41) is 0. The van der Waals surface area contributed by atoms with Crippen molar-refractivity contribution in [3.05, 3.63) is 34.1 Å². The van der Waals surface area contributed by atoms with Gasteiger partial charge in [-0.15, -0.1) is 11.6 Å². The third-order valence-electron chi connectivity index (χ3n) is 1.74. The van der Waals surface area contributed by atoms with Gasteiger partial charge in [0.1, 0.15) is 5.82 Å². The summed E-state index contributed by atoms with van der Waals surface area (Å²) in [4.78, 5) is 0. The van der Waals surface area contributed by atoms with Gasteiger partial charge in [-0.1, -0.05) is 13.0 Å². The highest BCUT2D eigenvalue weighted by Gasteiger charge is 2.06. The maximum atomic E-state index is 12.8. The minimum Gasteiger partial charge on any atom is -0.206 e. The highest BCUT2D eigenvalue weighted by molar-refractivity contribution is 9.10. The SMILES string of the molecule is CC(CCl)c1ccc(F)c(Br)c1. The lowest BCUT2D eigenvalue weighted by Crippen LogP contribution is -1.94. The zero-order chi connectivity index (χ0) is 9.14. The second-order valence-corrected chi connectivity index (χ2v) is 3.89. The lowest BCUT2D eigenvalue weighted by Gasteiger charge is -2.07. The molecular weight excluding hydrogens is 242 g/mol. The molecule has 0 saturated carbocycles. The first-order valence-electron chi connectivity index (χ1n) is 3.66. The quantitative estimate of drug-likeness (QED) is 0.699. The molecule has 0 radical (unpaired) electrons. The van der Waals surface area contributed by atoms with Crippen LogP contribution in [0.25, 0.3) is 0 Å². The Hall–Kier alpha value is -0.0800. The fourth-order valence-electron chi connectivity index (χ4n) is 0.908. The van der Waals surface area contributed by atoms with Crippen molar-refractivity contribution in [3.63, 3.8) is 0 Å². The molecule has 0 aliphatic heterocycles. The van der Waals surface area contributed by atoms with Crippen molar-refractivity contribution in [3.8, 4) is 0 Å². The molecule has 0 aromatic heterocycles. The molecule has 0 aliphatic carbocycles. The molecule has 0 N–H and O–H groups in total. The van der Waals surface area contributed by atoms with Crippen molar-refractivity contribution in [2.24, 2.45) is 0 Å². The van der Waals surface area contributed by atoms with Crippen LogP contribution in [0.15, 0.2) is 22.7 Å². The average molecular weight is 252 g/mol.